The van der Waals surface area contributed by atoms with E-state index in [0.717, 1.165) is 5.03 Å². The van der Waals surface area contributed by atoms with E-state index in [1.807, 2.05) is 6.92 Å². The summed E-state index contributed by atoms with van der Waals surface area (Å²) in [6.07, 6.45) is 0. The minimum atomic E-state index is 0.491. The summed E-state index contributed by atoms with van der Waals surface area (Å²) < 4.78 is 0. The highest BCUT2D eigenvalue weighted by Crippen LogP contribution is 2.30. The lowest BCUT2D eigenvalue weighted by atomic mass is 10.2. The van der Waals surface area contributed by atoms with Crippen LogP contribution in [0.2, 0.25) is 5.15 Å². The lowest BCUT2D eigenvalue weighted by Crippen LogP contribution is -1.90. The molecule has 1 aromatic heterocycles. The van der Waals surface area contributed by atoms with Crippen LogP contribution in [0.25, 0.3) is 0 Å². The molecule has 0 aliphatic rings. The van der Waals surface area contributed by atoms with Crippen LogP contribution in [0.5, 0.6) is 0 Å². The van der Waals surface area contributed by atoms with Gasteiger partial charge in [0.2, 0.25) is 0 Å². The van der Waals surface area contributed by atoms with Crippen molar-refractivity contribution >= 4 is 23.4 Å². The maximum atomic E-state index is 5.92. The van der Waals surface area contributed by atoms with Crippen molar-refractivity contribution in [2.75, 3.05) is 0 Å². The standard InChI is InChI=1S/C13H13ClN2S/c1-8-4-5-9(2)11(6-8)17-13-7-12(14)15-10(3)16-13/h4-7H,1-3H3. The van der Waals surface area contributed by atoms with Gasteiger partial charge in [0.25, 0.3) is 0 Å². The van der Waals surface area contributed by atoms with Crippen LogP contribution >= 0.6 is 23.4 Å². The first-order valence-corrected chi connectivity index (χ1v) is 6.50. The van der Waals surface area contributed by atoms with Crippen LogP contribution in [0.15, 0.2) is 34.2 Å². The van der Waals surface area contributed by atoms with Gasteiger partial charge in [0.1, 0.15) is 16.0 Å². The number of hydrogen-bond acceptors (Lipinski definition) is 3. The second kappa shape index (κ2) is 5.07. The quantitative estimate of drug-likeness (QED) is 0.760. The Morgan fingerprint density at radius 2 is 1.82 bits per heavy atom. The number of benzene rings is 1. The Bertz CT molecular complexity index is 535. The lowest BCUT2D eigenvalue weighted by molar-refractivity contribution is 0.967. The second-order valence-corrected chi connectivity index (χ2v) is 5.40. The van der Waals surface area contributed by atoms with Crippen LogP contribution < -0.4 is 0 Å². The number of aromatic nitrogens is 2. The lowest BCUT2D eigenvalue weighted by Gasteiger charge is -2.06. The third kappa shape index (κ3) is 3.20. The summed E-state index contributed by atoms with van der Waals surface area (Å²) in [6, 6.07) is 8.18. The molecule has 0 radical (unpaired) electrons. The van der Waals surface area contributed by atoms with Crippen LogP contribution in [0, 0.1) is 20.8 Å². The zero-order valence-corrected chi connectivity index (χ0v) is 11.6. The molecule has 1 aromatic carbocycles. The van der Waals surface area contributed by atoms with E-state index >= 15 is 0 Å². The SMILES string of the molecule is Cc1ccc(C)c(Sc2cc(Cl)nc(C)n2)c1. The van der Waals surface area contributed by atoms with Gasteiger partial charge in [-0.1, -0.05) is 35.5 Å². The Labute approximate surface area is 110 Å². The van der Waals surface area contributed by atoms with E-state index in [4.69, 9.17) is 11.6 Å². The van der Waals surface area contributed by atoms with Gasteiger partial charge < -0.3 is 0 Å². The molecule has 0 unspecified atom stereocenters. The molecule has 4 heteroatoms. The summed E-state index contributed by atoms with van der Waals surface area (Å²) in [4.78, 5) is 9.63. The summed E-state index contributed by atoms with van der Waals surface area (Å²) in [6.45, 7) is 6.03. The van der Waals surface area contributed by atoms with Gasteiger partial charge in [0.15, 0.2) is 0 Å². The Morgan fingerprint density at radius 3 is 2.53 bits per heavy atom. The molecular weight excluding hydrogens is 252 g/mol. The van der Waals surface area contributed by atoms with E-state index in [-0.39, 0.29) is 0 Å². The average molecular weight is 265 g/mol. The fourth-order valence-electron chi connectivity index (χ4n) is 1.49. The zero-order valence-electron chi connectivity index (χ0n) is 9.99. The molecule has 1 heterocycles. The molecule has 0 spiro atoms. The zero-order chi connectivity index (χ0) is 12.4. The van der Waals surface area contributed by atoms with Crippen molar-refractivity contribution in [3.63, 3.8) is 0 Å². The normalized spacial score (nSPS) is 10.6. The molecule has 2 nitrogen and oxygen atoms in total. The predicted molar refractivity (Wildman–Crippen MR) is 71.8 cm³/mol. The molecular formula is C13H13ClN2S. The highest BCUT2D eigenvalue weighted by Gasteiger charge is 2.05. The van der Waals surface area contributed by atoms with E-state index in [1.54, 1.807) is 17.8 Å². The molecule has 2 aromatic rings. The molecule has 0 bridgehead atoms. The molecule has 0 saturated carbocycles. The summed E-state index contributed by atoms with van der Waals surface area (Å²) >= 11 is 7.54. The van der Waals surface area contributed by atoms with Crippen molar-refractivity contribution in [2.45, 2.75) is 30.7 Å². The summed E-state index contributed by atoms with van der Waals surface area (Å²) in [5.41, 5.74) is 2.49. The smallest absolute Gasteiger partial charge is 0.133 e. The summed E-state index contributed by atoms with van der Waals surface area (Å²) in [5, 5.41) is 1.38. The predicted octanol–water partition coefficient (Wildman–Crippen LogP) is 4.21. The summed E-state index contributed by atoms with van der Waals surface area (Å²) in [5.74, 6) is 0.699. The van der Waals surface area contributed by atoms with Crippen molar-refractivity contribution in [2.24, 2.45) is 0 Å². The van der Waals surface area contributed by atoms with E-state index in [1.165, 1.54) is 16.0 Å². The molecule has 0 N–H and O–H groups in total. The number of hydrogen-bond donors (Lipinski definition) is 0. The van der Waals surface area contributed by atoms with Crippen molar-refractivity contribution in [3.8, 4) is 0 Å². The molecule has 2 rings (SSSR count). The molecule has 88 valence electrons. The maximum Gasteiger partial charge on any atom is 0.133 e. The average Bonchev–Trinajstić information content (AvgIpc) is 2.22. The van der Waals surface area contributed by atoms with Crippen molar-refractivity contribution < 1.29 is 0 Å². The Morgan fingerprint density at radius 1 is 1.06 bits per heavy atom. The first kappa shape index (κ1) is 12.4. The van der Waals surface area contributed by atoms with Crippen LogP contribution in [-0.4, -0.2) is 9.97 Å². The highest BCUT2D eigenvalue weighted by molar-refractivity contribution is 7.99. The van der Waals surface area contributed by atoms with Gasteiger partial charge in [-0.2, -0.15) is 0 Å². The van der Waals surface area contributed by atoms with Gasteiger partial charge in [0, 0.05) is 11.0 Å². The number of nitrogens with zero attached hydrogens (tertiary/aromatic N) is 2. The molecule has 0 amide bonds. The van der Waals surface area contributed by atoms with E-state index in [0.29, 0.717) is 11.0 Å². The van der Waals surface area contributed by atoms with Crippen LogP contribution in [0.3, 0.4) is 0 Å². The third-order valence-corrected chi connectivity index (χ3v) is 3.61. The van der Waals surface area contributed by atoms with E-state index in [2.05, 4.69) is 42.0 Å². The maximum absolute atomic E-state index is 5.92. The van der Waals surface area contributed by atoms with Crippen LogP contribution in [0.1, 0.15) is 17.0 Å². The molecule has 0 aliphatic heterocycles. The molecule has 0 saturated heterocycles. The van der Waals surface area contributed by atoms with Crippen molar-refractivity contribution in [1.82, 2.24) is 9.97 Å². The monoisotopic (exact) mass is 264 g/mol. The molecule has 0 fully saturated rings. The minimum absolute atomic E-state index is 0.491. The van der Waals surface area contributed by atoms with Gasteiger partial charge in [-0.25, -0.2) is 9.97 Å². The van der Waals surface area contributed by atoms with Gasteiger partial charge in [-0.15, -0.1) is 0 Å². The molecule has 0 aliphatic carbocycles. The Kier molecular flexibility index (Phi) is 3.69. The number of rotatable bonds is 2. The third-order valence-electron chi connectivity index (χ3n) is 2.34. The first-order chi connectivity index (χ1) is 8.04. The highest BCUT2D eigenvalue weighted by atomic mass is 35.5. The number of aryl methyl sites for hydroxylation is 3. The fourth-order valence-corrected chi connectivity index (χ4v) is 2.83. The molecule has 17 heavy (non-hydrogen) atoms. The van der Waals surface area contributed by atoms with Crippen molar-refractivity contribution in [3.05, 3.63) is 46.4 Å². The Hall–Kier alpha value is -1.06. The van der Waals surface area contributed by atoms with E-state index in [9.17, 15) is 0 Å². The van der Waals surface area contributed by atoms with Gasteiger partial charge in [-0.3, -0.25) is 0 Å². The largest absolute Gasteiger partial charge is 0.226 e. The van der Waals surface area contributed by atoms with Gasteiger partial charge in [0.05, 0.1) is 0 Å². The topological polar surface area (TPSA) is 25.8 Å². The second-order valence-electron chi connectivity index (χ2n) is 3.95. The summed E-state index contributed by atoms with van der Waals surface area (Å²) in [7, 11) is 0. The molecule has 0 atom stereocenters. The Balaban J connectivity index is 2.34. The van der Waals surface area contributed by atoms with Crippen LogP contribution in [-0.2, 0) is 0 Å². The first-order valence-electron chi connectivity index (χ1n) is 5.31. The number of halogens is 1. The van der Waals surface area contributed by atoms with Crippen molar-refractivity contribution in [1.29, 1.82) is 0 Å². The fraction of sp³-hybridized carbons (Fsp3) is 0.231. The van der Waals surface area contributed by atoms with Crippen LogP contribution in [0.4, 0.5) is 0 Å². The van der Waals surface area contributed by atoms with E-state index < -0.39 is 0 Å². The van der Waals surface area contributed by atoms with Gasteiger partial charge in [-0.05, 0) is 38.0 Å². The minimum Gasteiger partial charge on any atom is -0.226 e. The van der Waals surface area contributed by atoms with Gasteiger partial charge >= 0.3 is 0 Å².